The van der Waals surface area contributed by atoms with Crippen LogP contribution in [0.5, 0.6) is 11.5 Å². The Morgan fingerprint density at radius 2 is 1.51 bits per heavy atom. The van der Waals surface area contributed by atoms with E-state index in [4.69, 9.17) is 37.4 Å². The smallest absolute Gasteiger partial charge is 0.328 e. The summed E-state index contributed by atoms with van der Waals surface area (Å²) in [7, 11) is 0. The topological polar surface area (TPSA) is 148 Å². The van der Waals surface area contributed by atoms with Gasteiger partial charge in [-0.25, -0.2) is 22.9 Å². The molecular formula is C37H36Cl2F2N6O8. The maximum absolute atomic E-state index is 16.0. The van der Waals surface area contributed by atoms with Crippen molar-refractivity contribution in [1.29, 1.82) is 0 Å². The summed E-state index contributed by atoms with van der Waals surface area (Å²) in [5.41, 5.74) is -1.20. The van der Waals surface area contributed by atoms with Gasteiger partial charge in [0.1, 0.15) is 39.5 Å². The first-order valence-corrected chi connectivity index (χ1v) is 18.8. The zero-order valence-corrected chi connectivity index (χ0v) is 31.5. The van der Waals surface area contributed by atoms with Gasteiger partial charge in [0.2, 0.25) is 0 Å². The van der Waals surface area contributed by atoms with E-state index in [1.807, 2.05) is 0 Å². The fourth-order valence-electron chi connectivity index (χ4n) is 7.91. The van der Waals surface area contributed by atoms with Gasteiger partial charge in [0, 0.05) is 49.4 Å². The molecule has 18 heteroatoms. The fourth-order valence-corrected chi connectivity index (χ4v) is 8.63. The number of esters is 1. The van der Waals surface area contributed by atoms with Gasteiger partial charge < -0.3 is 19.5 Å². The second kappa shape index (κ2) is 13.9. The lowest BCUT2D eigenvalue weighted by Gasteiger charge is -2.38. The van der Waals surface area contributed by atoms with Crippen LogP contribution in [0.4, 0.5) is 20.2 Å². The standard InChI is InChI=1S/C37H36Cl2F2N6O8/c1-4-53-37(52)17(2)47-25-13-21(30-31(38)43-8-5-6-9-45(43)35(30)50)23(41)15-27(25)55-28(34(47)49)11-19-7-10-44-32(39)29(36(51)46(44)16-19)20-12-24-26(14-22(20)40)54-18(3)33(48)42-24/h12-15,17-19,28H,4-11,16H2,1-3H3,(H,42,48)/t17?,18-,19?,28-/m0/s1. The van der Waals surface area contributed by atoms with E-state index < -0.39 is 58.8 Å². The maximum Gasteiger partial charge on any atom is 0.328 e. The summed E-state index contributed by atoms with van der Waals surface area (Å²) < 4.78 is 54.4. The summed E-state index contributed by atoms with van der Waals surface area (Å²) in [6.45, 7) is 5.91. The number of carbonyl (C=O) groups is 3. The summed E-state index contributed by atoms with van der Waals surface area (Å²) in [6, 6.07) is 3.63. The highest BCUT2D eigenvalue weighted by Crippen LogP contribution is 2.43. The quantitative estimate of drug-likeness (QED) is 0.251. The summed E-state index contributed by atoms with van der Waals surface area (Å²) in [4.78, 5) is 68.1. The fraction of sp³-hybridized carbons (Fsp3) is 0.432. The number of aromatic nitrogens is 4. The zero-order chi connectivity index (χ0) is 39.0. The number of hydrogen-bond acceptors (Lipinski definition) is 8. The van der Waals surface area contributed by atoms with E-state index in [0.29, 0.717) is 19.5 Å². The van der Waals surface area contributed by atoms with Crippen LogP contribution in [-0.2, 0) is 45.3 Å². The first kappa shape index (κ1) is 36.9. The van der Waals surface area contributed by atoms with Crippen LogP contribution in [0, 0.1) is 17.6 Å². The van der Waals surface area contributed by atoms with Crippen molar-refractivity contribution in [3.63, 3.8) is 0 Å². The van der Waals surface area contributed by atoms with Gasteiger partial charge in [-0.05, 0) is 64.5 Å². The minimum Gasteiger partial charge on any atom is -0.479 e. The molecule has 4 aliphatic rings. The van der Waals surface area contributed by atoms with Crippen LogP contribution in [0.15, 0.2) is 33.9 Å². The third kappa shape index (κ3) is 6.00. The van der Waals surface area contributed by atoms with E-state index in [2.05, 4.69) is 5.32 Å². The molecule has 6 heterocycles. The zero-order valence-electron chi connectivity index (χ0n) is 30.0. The molecule has 0 saturated carbocycles. The van der Waals surface area contributed by atoms with E-state index in [-0.39, 0.29) is 87.5 Å². The Labute approximate surface area is 322 Å². The number of hydrogen-bond donors (Lipinski definition) is 1. The number of benzene rings is 2. The van der Waals surface area contributed by atoms with Crippen LogP contribution in [0.25, 0.3) is 22.3 Å². The first-order chi connectivity index (χ1) is 26.3. The molecule has 2 aromatic carbocycles. The molecule has 0 saturated heterocycles. The number of rotatable bonds is 7. The summed E-state index contributed by atoms with van der Waals surface area (Å²) >= 11 is 13.3. The predicted molar refractivity (Wildman–Crippen MR) is 197 cm³/mol. The SMILES string of the molecule is CCOC(=O)C(C)N1C(=O)[C@H](CC2CCn3c(Cl)c(-c4cc5c(cc4F)O[C@@H](C)C(=O)N5)c(=O)n3C2)Oc2cc(F)c(-c3c(Cl)n4n(c3=O)CCCC4)cc21. The second-order valence-corrected chi connectivity index (χ2v) is 14.8. The van der Waals surface area contributed by atoms with Crippen molar-refractivity contribution < 1.29 is 37.4 Å². The van der Waals surface area contributed by atoms with E-state index in [1.54, 1.807) is 11.6 Å². The summed E-state index contributed by atoms with van der Waals surface area (Å²) in [5.74, 6) is -3.57. The summed E-state index contributed by atoms with van der Waals surface area (Å²) in [6.07, 6.45) is 0.0351. The lowest BCUT2D eigenvalue weighted by atomic mass is 9.94. The molecule has 0 spiro atoms. The number of ether oxygens (including phenoxy) is 3. The van der Waals surface area contributed by atoms with Gasteiger partial charge in [0.25, 0.3) is 22.9 Å². The van der Waals surface area contributed by atoms with Crippen LogP contribution < -0.4 is 30.8 Å². The predicted octanol–water partition coefficient (Wildman–Crippen LogP) is 5.20. The molecule has 55 heavy (non-hydrogen) atoms. The van der Waals surface area contributed by atoms with Crippen molar-refractivity contribution in [2.45, 2.75) is 90.9 Å². The molecule has 1 N–H and O–H groups in total. The van der Waals surface area contributed by atoms with Crippen molar-refractivity contribution >= 4 is 52.4 Å². The van der Waals surface area contributed by atoms with Crippen LogP contribution >= 0.6 is 23.2 Å². The van der Waals surface area contributed by atoms with Gasteiger partial charge in [0.05, 0.1) is 29.1 Å². The first-order valence-electron chi connectivity index (χ1n) is 18.1. The molecule has 290 valence electrons. The molecule has 8 rings (SSSR count). The highest BCUT2D eigenvalue weighted by Gasteiger charge is 2.43. The number of nitrogens with zero attached hydrogens (tertiary/aromatic N) is 5. The maximum atomic E-state index is 16.0. The molecule has 2 amide bonds. The van der Waals surface area contributed by atoms with Gasteiger partial charge in [-0.1, -0.05) is 23.2 Å². The lowest BCUT2D eigenvalue weighted by Crippen LogP contribution is -2.53. The van der Waals surface area contributed by atoms with E-state index in [0.717, 1.165) is 25.0 Å². The Hall–Kier alpha value is -5.09. The van der Waals surface area contributed by atoms with Gasteiger partial charge in [-0.15, -0.1) is 0 Å². The highest BCUT2D eigenvalue weighted by atomic mass is 35.5. The number of nitrogens with one attached hydrogen (secondary N) is 1. The molecule has 4 atom stereocenters. The van der Waals surface area contributed by atoms with Crippen molar-refractivity contribution in [3.05, 3.63) is 66.9 Å². The Morgan fingerprint density at radius 1 is 0.891 bits per heavy atom. The lowest BCUT2D eigenvalue weighted by molar-refractivity contribution is -0.146. The van der Waals surface area contributed by atoms with Crippen molar-refractivity contribution in [1.82, 2.24) is 18.7 Å². The molecule has 2 aromatic heterocycles. The molecule has 0 radical (unpaired) electrons. The molecular weight excluding hydrogens is 765 g/mol. The van der Waals surface area contributed by atoms with Crippen molar-refractivity contribution in [2.75, 3.05) is 16.8 Å². The minimum absolute atomic E-state index is 0.00201. The van der Waals surface area contributed by atoms with Crippen molar-refractivity contribution in [3.8, 4) is 33.8 Å². The van der Waals surface area contributed by atoms with Crippen molar-refractivity contribution in [2.24, 2.45) is 5.92 Å². The monoisotopic (exact) mass is 800 g/mol. The average molecular weight is 802 g/mol. The second-order valence-electron chi connectivity index (χ2n) is 14.1. The van der Waals surface area contributed by atoms with E-state index in [9.17, 15) is 24.0 Å². The third-order valence-corrected chi connectivity index (χ3v) is 11.5. The van der Waals surface area contributed by atoms with Crippen LogP contribution in [0.3, 0.4) is 0 Å². The summed E-state index contributed by atoms with van der Waals surface area (Å²) in [5, 5.41) is 2.72. The average Bonchev–Trinajstić information content (AvgIpc) is 3.55. The Balaban J connectivity index is 1.11. The van der Waals surface area contributed by atoms with Crippen LogP contribution in [0.1, 0.15) is 46.5 Å². The largest absolute Gasteiger partial charge is 0.479 e. The Kier molecular flexibility index (Phi) is 9.31. The number of anilines is 2. The number of halogens is 4. The molecule has 0 bridgehead atoms. The van der Waals surface area contributed by atoms with Gasteiger partial charge in [0.15, 0.2) is 12.2 Å². The number of fused-ring (bicyclic) bond motifs is 4. The van der Waals surface area contributed by atoms with Crippen LogP contribution in [0.2, 0.25) is 10.3 Å². The molecule has 0 fully saturated rings. The molecule has 4 aromatic rings. The van der Waals surface area contributed by atoms with E-state index in [1.165, 1.54) is 44.9 Å². The molecule has 0 aliphatic carbocycles. The van der Waals surface area contributed by atoms with Gasteiger partial charge in [-0.2, -0.15) is 0 Å². The van der Waals surface area contributed by atoms with E-state index >= 15 is 8.78 Å². The normalized spacial score (nSPS) is 20.7. The highest BCUT2D eigenvalue weighted by molar-refractivity contribution is 6.32. The Bertz CT molecular complexity index is 2420. The van der Waals surface area contributed by atoms with Crippen LogP contribution in [-0.4, -0.2) is 61.4 Å². The van der Waals surface area contributed by atoms with Gasteiger partial charge in [-0.3, -0.25) is 33.4 Å². The molecule has 4 aliphatic heterocycles. The number of amides is 2. The Morgan fingerprint density at radius 3 is 2.18 bits per heavy atom. The van der Waals surface area contributed by atoms with Gasteiger partial charge >= 0.3 is 5.97 Å². The molecule has 2 unspecified atom stereocenters. The number of carbonyl (C=O) groups excluding carboxylic acids is 3. The minimum atomic E-state index is -1.20. The third-order valence-electron chi connectivity index (χ3n) is 10.7. The molecule has 14 nitrogen and oxygen atoms in total.